The number of alkyl halides is 3. The van der Waals surface area contributed by atoms with Crippen LogP contribution in [0.15, 0.2) is 42.6 Å². The summed E-state index contributed by atoms with van der Waals surface area (Å²) in [4.78, 5) is 37.2. The maximum absolute atomic E-state index is 14.3. The number of rotatable bonds is 12. The second kappa shape index (κ2) is 15.7. The Labute approximate surface area is 306 Å². The molecule has 3 aromatic rings. The summed E-state index contributed by atoms with van der Waals surface area (Å²) in [5.74, 6) is -0.824. The van der Waals surface area contributed by atoms with Crippen LogP contribution in [0.1, 0.15) is 73.7 Å². The van der Waals surface area contributed by atoms with Crippen LogP contribution in [0, 0.1) is 0 Å². The third-order valence-electron chi connectivity index (χ3n) is 8.36. The molecule has 0 fully saturated rings. The SMILES string of the molecule is CCOP(=O)(Cc1ccc(Nc2ncc(C(F)(F)F)c(Nc3ccc(C4=CCN(C(=O)OC(C)(C)C)CC4)c4c3C(=O)N(C)C4)n2)c(OC)c1)OCC. The van der Waals surface area contributed by atoms with E-state index < -0.39 is 36.8 Å². The number of hydrogen-bond acceptors (Lipinski definition) is 11. The van der Waals surface area contributed by atoms with Gasteiger partial charge in [-0.3, -0.25) is 9.36 Å². The number of carbonyl (C=O) groups is 2. The molecule has 53 heavy (non-hydrogen) atoms. The molecule has 0 radical (unpaired) electrons. The molecule has 13 nitrogen and oxygen atoms in total. The van der Waals surface area contributed by atoms with Crippen molar-refractivity contribution in [1.82, 2.24) is 19.8 Å². The highest BCUT2D eigenvalue weighted by atomic mass is 31.2. The number of ether oxygens (including phenoxy) is 2. The fourth-order valence-corrected chi connectivity index (χ4v) is 7.73. The molecule has 0 saturated carbocycles. The largest absolute Gasteiger partial charge is 0.495 e. The van der Waals surface area contributed by atoms with Crippen molar-refractivity contribution in [3.8, 4) is 5.75 Å². The lowest BCUT2D eigenvalue weighted by Crippen LogP contribution is -2.39. The molecule has 2 N–H and O–H groups in total. The second-order valence-corrected chi connectivity index (χ2v) is 15.5. The Morgan fingerprint density at radius 2 is 1.74 bits per heavy atom. The molecule has 0 bridgehead atoms. The predicted molar refractivity (Wildman–Crippen MR) is 194 cm³/mol. The lowest BCUT2D eigenvalue weighted by molar-refractivity contribution is -0.137. The van der Waals surface area contributed by atoms with Crippen LogP contribution < -0.4 is 15.4 Å². The molecule has 2 aliphatic rings. The molecule has 1 aromatic heterocycles. The number of fused-ring (bicyclic) bond motifs is 1. The zero-order chi connectivity index (χ0) is 38.7. The first-order chi connectivity index (χ1) is 24.9. The molecule has 0 unspecified atom stereocenters. The number of carbonyl (C=O) groups excluding carboxylic acids is 2. The molecule has 286 valence electrons. The number of nitrogens with one attached hydrogen (secondary N) is 2. The molecule has 2 aromatic carbocycles. The van der Waals surface area contributed by atoms with Crippen molar-refractivity contribution >= 4 is 48.3 Å². The Bertz CT molecular complexity index is 1940. The van der Waals surface area contributed by atoms with E-state index in [-0.39, 0.29) is 54.8 Å². The molecule has 0 aliphatic carbocycles. The topological polar surface area (TPSA) is 144 Å². The van der Waals surface area contributed by atoms with Gasteiger partial charge in [0, 0.05) is 32.9 Å². The van der Waals surface area contributed by atoms with Gasteiger partial charge in [-0.2, -0.15) is 18.2 Å². The number of hydrogen-bond donors (Lipinski definition) is 2. The van der Waals surface area contributed by atoms with E-state index >= 15 is 0 Å². The van der Waals surface area contributed by atoms with Crippen molar-refractivity contribution in [3.63, 3.8) is 0 Å². The first-order valence-corrected chi connectivity index (χ1v) is 18.8. The van der Waals surface area contributed by atoms with Gasteiger partial charge in [0.05, 0.1) is 43.4 Å². The van der Waals surface area contributed by atoms with E-state index in [4.69, 9.17) is 18.5 Å². The van der Waals surface area contributed by atoms with E-state index in [9.17, 15) is 27.3 Å². The van der Waals surface area contributed by atoms with E-state index in [0.717, 1.165) is 11.1 Å². The molecule has 5 rings (SSSR count). The maximum Gasteiger partial charge on any atom is 0.421 e. The normalized spacial score (nSPS) is 14.9. The number of benzene rings is 2. The average Bonchev–Trinajstić information content (AvgIpc) is 3.38. The standard InChI is InChI=1S/C36H44F3N6O7P/c1-8-50-53(48,51-9-2)21-22-10-12-27(29(18-22)49-7)42-33-40-19-26(36(37,38)39)31(43-33)41-28-13-11-24(25-20-44(6)32(46)30(25)28)23-14-16-45(17-15-23)34(47)52-35(3,4)5/h10-14,18-19H,8-9,15-17,20-21H2,1-7H3,(H2,40,41,42,43). The molecule has 0 spiro atoms. The van der Waals surface area contributed by atoms with Gasteiger partial charge in [0.2, 0.25) is 5.95 Å². The van der Waals surface area contributed by atoms with Crippen LogP contribution in [0.4, 0.5) is 41.1 Å². The van der Waals surface area contributed by atoms with Gasteiger partial charge in [-0.1, -0.05) is 18.2 Å². The van der Waals surface area contributed by atoms with E-state index in [0.29, 0.717) is 42.5 Å². The minimum atomic E-state index is -4.83. The summed E-state index contributed by atoms with van der Waals surface area (Å²) in [6, 6.07) is 8.19. The second-order valence-electron chi connectivity index (χ2n) is 13.4. The number of halogens is 3. The molecule has 0 atom stereocenters. The highest BCUT2D eigenvalue weighted by molar-refractivity contribution is 7.53. The van der Waals surface area contributed by atoms with Crippen molar-refractivity contribution in [2.45, 2.75) is 65.5 Å². The molecule has 2 aliphatic heterocycles. The fourth-order valence-electron chi connectivity index (χ4n) is 6.04. The Morgan fingerprint density at radius 3 is 2.34 bits per heavy atom. The van der Waals surface area contributed by atoms with Gasteiger partial charge < -0.3 is 39.0 Å². The van der Waals surface area contributed by atoms with Crippen LogP contribution in [0.25, 0.3) is 5.57 Å². The maximum atomic E-state index is 14.3. The van der Waals surface area contributed by atoms with E-state index in [1.807, 2.05) is 6.08 Å². The lowest BCUT2D eigenvalue weighted by atomic mass is 9.92. The minimum Gasteiger partial charge on any atom is -0.495 e. The van der Waals surface area contributed by atoms with Crippen molar-refractivity contribution < 1.29 is 45.8 Å². The number of anilines is 4. The Kier molecular flexibility index (Phi) is 11.8. The zero-order valence-corrected chi connectivity index (χ0v) is 31.6. The Morgan fingerprint density at radius 1 is 1.04 bits per heavy atom. The van der Waals surface area contributed by atoms with Crippen molar-refractivity contribution in [2.75, 3.05) is 51.1 Å². The Hall–Kier alpha value is -4.66. The number of aromatic nitrogens is 2. The van der Waals surface area contributed by atoms with Crippen LogP contribution in [-0.2, 0) is 37.2 Å². The monoisotopic (exact) mass is 760 g/mol. The summed E-state index contributed by atoms with van der Waals surface area (Å²) >= 11 is 0. The molecule has 0 saturated heterocycles. The van der Waals surface area contributed by atoms with Gasteiger partial charge in [-0.05, 0) is 81.5 Å². The van der Waals surface area contributed by atoms with E-state index in [1.165, 1.54) is 12.0 Å². The summed E-state index contributed by atoms with van der Waals surface area (Å²) in [6.45, 7) is 10.2. The van der Waals surface area contributed by atoms with Gasteiger partial charge in [0.15, 0.2) is 0 Å². The third kappa shape index (κ3) is 9.29. The smallest absolute Gasteiger partial charge is 0.421 e. The zero-order valence-electron chi connectivity index (χ0n) is 30.7. The van der Waals surface area contributed by atoms with Gasteiger partial charge in [-0.25, -0.2) is 9.78 Å². The van der Waals surface area contributed by atoms with Crippen LogP contribution in [0.5, 0.6) is 5.75 Å². The van der Waals surface area contributed by atoms with Crippen LogP contribution >= 0.6 is 7.60 Å². The van der Waals surface area contributed by atoms with Crippen LogP contribution in [-0.4, -0.2) is 77.8 Å². The van der Waals surface area contributed by atoms with Crippen molar-refractivity contribution in [1.29, 1.82) is 0 Å². The molecular formula is C36H44F3N6O7P. The quantitative estimate of drug-likeness (QED) is 0.172. The minimum absolute atomic E-state index is 0.0189. The first-order valence-electron chi connectivity index (χ1n) is 17.1. The predicted octanol–water partition coefficient (Wildman–Crippen LogP) is 8.37. The molecule has 2 amide bonds. The number of methoxy groups -OCH3 is 1. The fraction of sp³-hybridized carbons (Fsp3) is 0.444. The van der Waals surface area contributed by atoms with E-state index in [1.54, 1.807) is 76.9 Å². The van der Waals surface area contributed by atoms with Gasteiger partial charge >= 0.3 is 19.9 Å². The summed E-state index contributed by atoms with van der Waals surface area (Å²) in [7, 11) is -0.387. The molecular weight excluding hydrogens is 716 g/mol. The van der Waals surface area contributed by atoms with Crippen molar-refractivity contribution in [2.24, 2.45) is 0 Å². The highest BCUT2D eigenvalue weighted by Gasteiger charge is 2.37. The molecule has 17 heteroatoms. The lowest BCUT2D eigenvalue weighted by Gasteiger charge is -2.30. The van der Waals surface area contributed by atoms with E-state index in [2.05, 4.69) is 20.6 Å². The number of amides is 2. The van der Waals surface area contributed by atoms with Gasteiger partial charge in [0.25, 0.3) is 5.91 Å². The summed E-state index contributed by atoms with van der Waals surface area (Å²) in [5.41, 5.74) is 1.88. The van der Waals surface area contributed by atoms with Crippen LogP contribution in [0.2, 0.25) is 0 Å². The Balaban J connectivity index is 1.44. The molecule has 3 heterocycles. The highest BCUT2D eigenvalue weighted by Crippen LogP contribution is 2.52. The van der Waals surface area contributed by atoms with Gasteiger partial charge in [-0.15, -0.1) is 0 Å². The summed E-state index contributed by atoms with van der Waals surface area (Å²) in [6.07, 6.45) is -2.21. The summed E-state index contributed by atoms with van der Waals surface area (Å²) < 4.78 is 77.7. The van der Waals surface area contributed by atoms with Crippen LogP contribution in [0.3, 0.4) is 0 Å². The average molecular weight is 761 g/mol. The number of nitrogens with zero attached hydrogens (tertiary/aromatic N) is 4. The first kappa shape index (κ1) is 39.5. The summed E-state index contributed by atoms with van der Waals surface area (Å²) in [5, 5.41) is 5.69. The third-order valence-corrected chi connectivity index (χ3v) is 10.4. The van der Waals surface area contributed by atoms with Gasteiger partial charge in [0.1, 0.15) is 22.7 Å². The van der Waals surface area contributed by atoms with Crippen molar-refractivity contribution in [3.05, 3.63) is 70.4 Å².